The van der Waals surface area contributed by atoms with E-state index in [9.17, 15) is 9.59 Å². The van der Waals surface area contributed by atoms with Gasteiger partial charge in [0.2, 0.25) is 0 Å². The second kappa shape index (κ2) is 8.49. The maximum Gasteiger partial charge on any atom is 0.255 e. The molecule has 1 unspecified atom stereocenters. The van der Waals surface area contributed by atoms with Crippen molar-refractivity contribution in [3.8, 4) is 11.5 Å². The van der Waals surface area contributed by atoms with Crippen molar-refractivity contribution in [2.24, 2.45) is 10.9 Å². The first-order valence-electron chi connectivity index (χ1n) is 8.91. The average Bonchev–Trinajstić information content (AvgIpc) is 2.68. The quantitative estimate of drug-likeness (QED) is 0.805. The molecule has 1 N–H and O–H groups in total. The Balaban J connectivity index is 1.64. The predicted octanol–water partition coefficient (Wildman–Crippen LogP) is 1.47. The largest absolute Gasteiger partial charge is 0.497 e. The zero-order valence-electron chi connectivity index (χ0n) is 15.4. The molecule has 2 amide bonds. The summed E-state index contributed by atoms with van der Waals surface area (Å²) in [5, 5.41) is 4.37. The molecule has 0 aliphatic carbocycles. The van der Waals surface area contributed by atoms with E-state index < -0.39 is 0 Å². The van der Waals surface area contributed by atoms with Crippen molar-refractivity contribution in [1.82, 2.24) is 5.32 Å². The van der Waals surface area contributed by atoms with Gasteiger partial charge in [-0.2, -0.15) is 0 Å². The molecule has 1 aliphatic rings. The molecule has 140 valence electrons. The number of methoxy groups -OCH3 is 1. The van der Waals surface area contributed by atoms with E-state index in [1.54, 1.807) is 31.4 Å². The number of nitrogens with zero attached hydrogens (tertiary/aromatic N) is 1. The first kappa shape index (κ1) is 18.6. The van der Waals surface area contributed by atoms with Crippen molar-refractivity contribution in [3.05, 3.63) is 58.6 Å². The normalized spacial score (nSPS) is 15.2. The fraction of sp³-hybridized carbons (Fsp3) is 0.286. The van der Waals surface area contributed by atoms with Gasteiger partial charge in [-0.05, 0) is 42.8 Å². The molecule has 1 atom stereocenters. The van der Waals surface area contributed by atoms with Crippen LogP contribution in [0.1, 0.15) is 23.7 Å². The molecule has 6 heteroatoms. The number of benzene rings is 2. The Morgan fingerprint density at radius 3 is 2.81 bits per heavy atom. The summed E-state index contributed by atoms with van der Waals surface area (Å²) in [4.78, 5) is 28.8. The van der Waals surface area contributed by atoms with Crippen LogP contribution >= 0.6 is 0 Å². The molecule has 3 rings (SSSR count). The summed E-state index contributed by atoms with van der Waals surface area (Å²) in [5.41, 5.74) is 0.487. The highest BCUT2D eigenvalue weighted by Gasteiger charge is 2.19. The van der Waals surface area contributed by atoms with E-state index in [-0.39, 0.29) is 17.7 Å². The minimum atomic E-state index is -0.353. The summed E-state index contributed by atoms with van der Waals surface area (Å²) < 4.78 is 10.6. The third kappa shape index (κ3) is 4.34. The molecule has 2 aromatic rings. The molecule has 27 heavy (non-hydrogen) atoms. The first-order valence-corrected chi connectivity index (χ1v) is 8.91. The van der Waals surface area contributed by atoms with E-state index in [4.69, 9.17) is 9.47 Å². The smallest absolute Gasteiger partial charge is 0.255 e. The summed E-state index contributed by atoms with van der Waals surface area (Å²) in [6, 6.07) is 12.6. The van der Waals surface area contributed by atoms with E-state index >= 15 is 0 Å². The maximum atomic E-state index is 12.4. The maximum absolute atomic E-state index is 12.4. The molecule has 0 aromatic heterocycles. The Hall–Kier alpha value is -3.15. The third-order valence-electron chi connectivity index (χ3n) is 4.34. The van der Waals surface area contributed by atoms with Gasteiger partial charge < -0.3 is 14.8 Å². The molecular formula is C21H22N2O4. The zero-order chi connectivity index (χ0) is 19.2. The number of ether oxygens (including phenoxy) is 2. The number of hydrogen-bond donors (Lipinski definition) is 1. The van der Waals surface area contributed by atoms with E-state index in [0.717, 1.165) is 5.22 Å². The van der Waals surface area contributed by atoms with Gasteiger partial charge in [0.1, 0.15) is 11.5 Å². The number of nitrogens with one attached hydrogen (secondary N) is 1. The highest BCUT2D eigenvalue weighted by molar-refractivity contribution is 5.97. The Kier molecular flexibility index (Phi) is 5.86. The van der Waals surface area contributed by atoms with Crippen molar-refractivity contribution >= 4 is 17.9 Å². The highest BCUT2D eigenvalue weighted by atomic mass is 16.5. The third-order valence-corrected chi connectivity index (χ3v) is 4.34. The zero-order valence-corrected chi connectivity index (χ0v) is 15.4. The molecule has 0 fully saturated rings. The number of rotatable bonds is 7. The van der Waals surface area contributed by atoms with Gasteiger partial charge in [-0.15, -0.1) is 0 Å². The minimum absolute atomic E-state index is 0.209. The Labute approximate surface area is 157 Å². The Bertz CT molecular complexity index is 968. The molecule has 0 radical (unpaired) electrons. The number of carbonyl (C=O) groups is 2. The van der Waals surface area contributed by atoms with Crippen LogP contribution < -0.4 is 25.4 Å². The lowest BCUT2D eigenvalue weighted by molar-refractivity contribution is -0.120. The van der Waals surface area contributed by atoms with Crippen LogP contribution in [-0.2, 0) is 4.79 Å². The van der Waals surface area contributed by atoms with Crippen molar-refractivity contribution in [3.63, 3.8) is 0 Å². The van der Waals surface area contributed by atoms with E-state index in [1.165, 1.54) is 0 Å². The average molecular weight is 366 g/mol. The van der Waals surface area contributed by atoms with Crippen LogP contribution in [0.25, 0.3) is 6.08 Å². The number of carbonyl (C=O) groups excluding carboxylic acids is 2. The van der Waals surface area contributed by atoms with Crippen LogP contribution in [0, 0.1) is 5.92 Å². The summed E-state index contributed by atoms with van der Waals surface area (Å²) in [5.74, 6) is 0.436. The number of amides is 2. The first-order chi connectivity index (χ1) is 13.1. The van der Waals surface area contributed by atoms with Crippen LogP contribution in [-0.4, -0.2) is 32.1 Å². The molecule has 0 saturated heterocycles. The number of fused-ring (bicyclic) bond motifs is 1. The monoisotopic (exact) mass is 366 g/mol. The molecule has 0 bridgehead atoms. The lowest BCUT2D eigenvalue weighted by Crippen LogP contribution is -2.35. The van der Waals surface area contributed by atoms with Gasteiger partial charge in [0, 0.05) is 12.6 Å². The fourth-order valence-corrected chi connectivity index (χ4v) is 2.96. The number of para-hydroxylation sites is 1. The van der Waals surface area contributed by atoms with Gasteiger partial charge in [0.15, 0.2) is 0 Å². The molecule has 0 saturated carbocycles. The second-order valence-electron chi connectivity index (χ2n) is 6.12. The lowest BCUT2D eigenvalue weighted by Gasteiger charge is -2.14. The lowest BCUT2D eigenvalue weighted by atomic mass is 10.00. The predicted molar refractivity (Wildman–Crippen MR) is 101 cm³/mol. The van der Waals surface area contributed by atoms with Crippen molar-refractivity contribution < 1.29 is 19.1 Å². The Morgan fingerprint density at radius 1 is 1.22 bits per heavy atom. The van der Waals surface area contributed by atoms with Gasteiger partial charge >= 0.3 is 0 Å². The van der Waals surface area contributed by atoms with Crippen LogP contribution in [0.3, 0.4) is 0 Å². The molecule has 0 spiro atoms. The summed E-state index contributed by atoms with van der Waals surface area (Å²) in [7, 11) is 1.57. The van der Waals surface area contributed by atoms with Gasteiger partial charge in [-0.1, -0.05) is 18.2 Å². The van der Waals surface area contributed by atoms with Crippen molar-refractivity contribution in [1.29, 1.82) is 0 Å². The second-order valence-corrected chi connectivity index (χ2v) is 6.12. The van der Waals surface area contributed by atoms with Gasteiger partial charge in [-0.25, -0.2) is 4.99 Å². The van der Waals surface area contributed by atoms with Gasteiger partial charge in [-0.3, -0.25) is 9.59 Å². The fourth-order valence-electron chi connectivity index (χ4n) is 2.96. The number of hydrogen-bond acceptors (Lipinski definition) is 4. The van der Waals surface area contributed by atoms with Gasteiger partial charge in [0.05, 0.1) is 30.6 Å². The summed E-state index contributed by atoms with van der Waals surface area (Å²) >= 11 is 0. The van der Waals surface area contributed by atoms with Crippen LogP contribution in [0.5, 0.6) is 11.5 Å². The van der Waals surface area contributed by atoms with E-state index in [0.29, 0.717) is 42.0 Å². The topological polar surface area (TPSA) is 77.0 Å². The highest BCUT2D eigenvalue weighted by Crippen LogP contribution is 2.18. The SMILES string of the molecule is CCOc1ccccc1C(=O)NCCC1C=c2ccc(OC)cc2=NC1=O. The molecular weight excluding hydrogens is 344 g/mol. The summed E-state index contributed by atoms with van der Waals surface area (Å²) in [6.45, 7) is 2.73. The Morgan fingerprint density at radius 2 is 2.04 bits per heavy atom. The van der Waals surface area contributed by atoms with E-state index in [1.807, 2.05) is 31.2 Å². The molecule has 1 heterocycles. The van der Waals surface area contributed by atoms with Crippen molar-refractivity contribution in [2.75, 3.05) is 20.3 Å². The minimum Gasteiger partial charge on any atom is -0.497 e. The standard InChI is InChI=1S/C21H22N2O4/c1-3-27-19-7-5-4-6-17(19)21(25)22-11-10-15-12-14-8-9-16(26-2)13-18(14)23-20(15)24/h4-9,12-13,15H,3,10-11H2,1-2H3,(H,22,25). The van der Waals surface area contributed by atoms with Crippen LogP contribution in [0.4, 0.5) is 0 Å². The molecule has 2 aromatic carbocycles. The molecule has 1 aliphatic heterocycles. The van der Waals surface area contributed by atoms with E-state index in [2.05, 4.69) is 10.3 Å². The van der Waals surface area contributed by atoms with Crippen LogP contribution in [0.2, 0.25) is 0 Å². The summed E-state index contributed by atoms with van der Waals surface area (Å²) in [6.07, 6.45) is 2.38. The molecule has 6 nitrogen and oxygen atoms in total. The van der Waals surface area contributed by atoms with Crippen LogP contribution in [0.15, 0.2) is 47.5 Å². The van der Waals surface area contributed by atoms with Gasteiger partial charge in [0.25, 0.3) is 11.8 Å². The van der Waals surface area contributed by atoms with Crippen molar-refractivity contribution in [2.45, 2.75) is 13.3 Å².